The van der Waals surface area contributed by atoms with Crippen LogP contribution < -0.4 is 20.4 Å². The number of halogens is 6. The highest BCUT2D eigenvalue weighted by Gasteiger charge is 2.53. The summed E-state index contributed by atoms with van der Waals surface area (Å²) in [4.78, 5) is 35.8. The Kier molecular flexibility index (Phi) is 16.4. The molecule has 4 aliphatic heterocycles. The van der Waals surface area contributed by atoms with E-state index >= 15 is 8.42 Å². The summed E-state index contributed by atoms with van der Waals surface area (Å²) >= 11 is 1.66. The number of aliphatic hydroxyl groups excluding tert-OH is 2. The molecule has 6 aliphatic rings. The van der Waals surface area contributed by atoms with Crippen LogP contribution in [0.3, 0.4) is 0 Å². The molecular weight excluding hydrogens is 1200 g/mol. The fourth-order valence-electron chi connectivity index (χ4n) is 11.9. The molecule has 2 saturated carbocycles. The molecule has 6 aromatic heterocycles. The van der Waals surface area contributed by atoms with Crippen molar-refractivity contribution in [3.05, 3.63) is 81.1 Å². The van der Waals surface area contributed by atoms with Crippen LogP contribution >= 0.6 is 22.7 Å². The number of fused-ring (bicyclic) bond motifs is 2. The summed E-state index contributed by atoms with van der Waals surface area (Å²) in [6, 6.07) is 9.73. The minimum Gasteiger partial charge on any atom is -0.396 e. The van der Waals surface area contributed by atoms with E-state index in [2.05, 4.69) is 64.0 Å². The number of ether oxygens (including phenoxy) is 2. The summed E-state index contributed by atoms with van der Waals surface area (Å²) in [5.41, 5.74) is -1.54. The van der Waals surface area contributed by atoms with E-state index in [0.29, 0.717) is 81.8 Å². The molecule has 4 N–H and O–H groups in total. The van der Waals surface area contributed by atoms with Gasteiger partial charge in [-0.25, -0.2) is 46.7 Å². The molecule has 3 unspecified atom stereocenters. The Morgan fingerprint density at radius 1 is 0.682 bits per heavy atom. The minimum atomic E-state index is -4.94. The zero-order valence-corrected chi connectivity index (χ0v) is 49.5. The number of aliphatic hydroxyl groups is 2. The summed E-state index contributed by atoms with van der Waals surface area (Å²) in [6.07, 6.45) is -5.94. The van der Waals surface area contributed by atoms with Gasteiger partial charge in [-0.1, -0.05) is 0 Å². The van der Waals surface area contributed by atoms with Gasteiger partial charge in [0.1, 0.15) is 22.8 Å². The smallest absolute Gasteiger partial charge is 0.396 e. The summed E-state index contributed by atoms with van der Waals surface area (Å²) < 4.78 is 157. The molecule has 456 valence electrons. The number of nitrogens with zero attached hydrogens (tertiary/aromatic N) is 10. The molecule has 5 atom stereocenters. The lowest BCUT2D eigenvalue weighted by molar-refractivity contribution is -0.138. The van der Waals surface area contributed by atoms with Gasteiger partial charge in [0.05, 0.1) is 97.7 Å². The zero-order valence-electron chi connectivity index (χ0n) is 46.2. The topological polar surface area (TPSA) is 242 Å². The van der Waals surface area contributed by atoms with Gasteiger partial charge in [-0.2, -0.15) is 26.3 Å². The van der Waals surface area contributed by atoms with Gasteiger partial charge in [0, 0.05) is 105 Å². The van der Waals surface area contributed by atoms with E-state index in [4.69, 9.17) is 19.4 Å². The molecular formula is C55H62F6N12O8S4. The van der Waals surface area contributed by atoms with Gasteiger partial charge in [0.15, 0.2) is 19.7 Å². The van der Waals surface area contributed by atoms with Gasteiger partial charge in [-0.05, 0) is 81.8 Å². The number of alkyl halides is 6. The van der Waals surface area contributed by atoms with E-state index in [1.54, 1.807) is 12.1 Å². The van der Waals surface area contributed by atoms with Crippen molar-refractivity contribution >= 4 is 77.3 Å². The van der Waals surface area contributed by atoms with Crippen molar-refractivity contribution in [1.29, 1.82) is 0 Å². The number of sulfone groups is 2. The molecule has 20 nitrogen and oxygen atoms in total. The summed E-state index contributed by atoms with van der Waals surface area (Å²) in [7, 11) is -8.23. The average Bonchev–Trinajstić information content (AvgIpc) is 1.95. The fourth-order valence-corrected chi connectivity index (χ4v) is 18.3. The van der Waals surface area contributed by atoms with E-state index in [0.717, 1.165) is 53.6 Å². The molecule has 0 bridgehead atoms. The number of piperazine rings is 2. The molecule has 2 aliphatic carbocycles. The molecule has 0 amide bonds. The highest BCUT2D eigenvalue weighted by Crippen LogP contribution is 2.56. The second-order valence-corrected chi connectivity index (χ2v) is 28.9. The highest BCUT2D eigenvalue weighted by atomic mass is 32.2. The van der Waals surface area contributed by atoms with Gasteiger partial charge in [-0.15, -0.1) is 22.7 Å². The van der Waals surface area contributed by atoms with Gasteiger partial charge in [0.25, 0.3) is 0 Å². The second kappa shape index (κ2) is 23.4. The number of pyridine rings is 2. The number of hydrogen-bond acceptors (Lipinski definition) is 22. The predicted octanol–water partition coefficient (Wildman–Crippen LogP) is 8.09. The summed E-state index contributed by atoms with van der Waals surface area (Å²) in [5, 5.41) is 24.0. The van der Waals surface area contributed by atoms with Crippen molar-refractivity contribution < 1.29 is 62.9 Å². The van der Waals surface area contributed by atoms with Crippen LogP contribution in [0.1, 0.15) is 83.6 Å². The van der Waals surface area contributed by atoms with Gasteiger partial charge >= 0.3 is 12.4 Å². The second-order valence-electron chi connectivity index (χ2n) is 22.4. The molecule has 85 heavy (non-hydrogen) atoms. The van der Waals surface area contributed by atoms with Crippen molar-refractivity contribution in [3.63, 3.8) is 0 Å². The van der Waals surface area contributed by atoms with E-state index in [1.165, 1.54) is 12.1 Å². The zero-order chi connectivity index (χ0) is 59.7. The fraction of sp³-hybridized carbons (Fsp3) is 0.527. The third-order valence-corrected chi connectivity index (χ3v) is 23.1. The highest BCUT2D eigenvalue weighted by molar-refractivity contribution is 7.92. The van der Waals surface area contributed by atoms with Crippen LogP contribution in [-0.2, 0) is 54.7 Å². The van der Waals surface area contributed by atoms with Crippen LogP contribution in [0.15, 0.2) is 58.6 Å². The third-order valence-electron chi connectivity index (χ3n) is 16.6. The van der Waals surface area contributed by atoms with Gasteiger partial charge in [-0.3, -0.25) is 9.80 Å². The van der Waals surface area contributed by atoms with Crippen molar-refractivity contribution in [2.24, 2.45) is 5.92 Å². The lowest BCUT2D eigenvalue weighted by Crippen LogP contribution is -2.52. The maximum absolute atomic E-state index is 15.1. The van der Waals surface area contributed by atoms with Crippen molar-refractivity contribution in [2.75, 3.05) is 105 Å². The molecule has 4 fully saturated rings. The first kappa shape index (κ1) is 59.6. The number of β-amino-alcohol motifs (C(OH)–C–C–N with tert-alkyl or cyclic N) is 1. The van der Waals surface area contributed by atoms with Gasteiger partial charge in [0.2, 0.25) is 11.9 Å². The summed E-state index contributed by atoms with van der Waals surface area (Å²) in [5.74, 6) is -0.560. The molecule has 0 aromatic carbocycles. The Morgan fingerprint density at radius 3 is 1.78 bits per heavy atom. The minimum absolute atomic E-state index is 0.0458. The number of anilines is 6. The Bertz CT molecular complexity index is 3720. The first-order chi connectivity index (χ1) is 40.6. The molecule has 0 radical (unpaired) electrons. The SMILES string of the molecule is C[C@@H]1CN(c2ccc(Nc3ncc(C(F)(F)F)c(-c4cc5c(s4)COCC(C4CC4c4nc(N6CCN(CCCO)[C@H](C)C6)ccc4Nc4ncc(C(F)(F)F)c(-c6cc7c(s6)COCCS7(=O)=O)n4)S5(=O)=O)n3)c(C3CC3)n2)CCN1CCO. The molecule has 6 aromatic rings. The Labute approximate surface area is 494 Å². The van der Waals surface area contributed by atoms with Crippen LogP contribution in [0, 0.1) is 5.92 Å². The van der Waals surface area contributed by atoms with Crippen molar-refractivity contribution in [2.45, 2.75) is 104 Å². The van der Waals surface area contributed by atoms with Crippen molar-refractivity contribution in [1.82, 2.24) is 39.7 Å². The Hall–Kier alpha value is -5.70. The van der Waals surface area contributed by atoms with E-state index in [9.17, 15) is 45.0 Å². The first-order valence-corrected chi connectivity index (χ1v) is 32.9. The summed E-state index contributed by atoms with van der Waals surface area (Å²) in [6.45, 7) is 8.78. The van der Waals surface area contributed by atoms with Crippen molar-refractivity contribution in [3.8, 4) is 21.1 Å². The average molecular weight is 1260 g/mol. The Morgan fingerprint density at radius 2 is 1.22 bits per heavy atom. The van der Waals surface area contributed by atoms with E-state index in [1.807, 2.05) is 12.1 Å². The van der Waals surface area contributed by atoms with Crippen LogP contribution in [0.5, 0.6) is 0 Å². The predicted molar refractivity (Wildman–Crippen MR) is 306 cm³/mol. The lowest BCUT2D eigenvalue weighted by Gasteiger charge is -2.40. The molecule has 0 spiro atoms. The Balaban J connectivity index is 0.845. The standard InChI is InChI=1S/C55H62F6N12O8S4/c1-30-25-73(13-11-70(30)10-3-16-74)47-9-7-38(65-53-63-23-35(54(56,57)58)50(68-53)39-21-43-41(82-39)27-80-18-19-84(43,76)77)49(67-47)34-20-33(34)45-29-81-28-42-44(85(45,78)79)22-40(83-42)51-36(55(59,60)61)24-62-52(69-51)64-37-6-8-46(66-48(37)32-4-5-32)72-14-12-71(15-17-75)31(2)26-72/h6-9,21-24,30-34,45,74-75H,3-5,10-20,25-29H2,1-2H3,(H,62,64,69)(H,63,65,68)/t30-,31-,33?,34?,45?/m1/s1. The van der Waals surface area contributed by atoms with E-state index in [-0.39, 0.29) is 117 Å². The normalized spacial score (nSPS) is 23.7. The van der Waals surface area contributed by atoms with Crippen LogP contribution in [-0.4, -0.2) is 169 Å². The maximum atomic E-state index is 15.1. The lowest BCUT2D eigenvalue weighted by atomic mass is 10.1. The van der Waals surface area contributed by atoms with Crippen LogP contribution in [0.25, 0.3) is 21.1 Å². The molecule has 10 heterocycles. The number of hydrogen-bond donors (Lipinski definition) is 4. The van der Waals surface area contributed by atoms with Crippen LogP contribution in [0.2, 0.25) is 0 Å². The number of rotatable bonds is 16. The number of aromatic nitrogens is 6. The van der Waals surface area contributed by atoms with E-state index < -0.39 is 71.6 Å². The van der Waals surface area contributed by atoms with Crippen LogP contribution in [0.4, 0.5) is 61.2 Å². The third kappa shape index (κ3) is 12.3. The largest absolute Gasteiger partial charge is 0.420 e. The monoisotopic (exact) mass is 1260 g/mol. The molecule has 30 heteroatoms. The van der Waals surface area contributed by atoms with Gasteiger partial charge < -0.3 is 40.1 Å². The quantitative estimate of drug-likeness (QED) is 0.0669. The molecule has 12 rings (SSSR count). The molecule has 2 saturated heterocycles. The number of thiophene rings is 2. The first-order valence-electron chi connectivity index (χ1n) is 28.1. The maximum Gasteiger partial charge on any atom is 0.420 e. The number of nitrogens with one attached hydrogen (secondary N) is 2.